The maximum absolute atomic E-state index is 6.65. The van der Waals surface area contributed by atoms with E-state index in [0.717, 1.165) is 34.2 Å². The van der Waals surface area contributed by atoms with Crippen molar-refractivity contribution < 1.29 is 13.6 Å². The molecule has 0 fully saturated rings. The van der Waals surface area contributed by atoms with Crippen LogP contribution in [0.4, 0.5) is 0 Å². The average molecular weight is 608 g/mol. The molecule has 8 rings (SSSR count). The molecule has 0 bridgehead atoms. The molecule has 1 aliphatic heterocycles. The highest BCUT2D eigenvalue weighted by molar-refractivity contribution is 7.17. The molecule has 222 valence electrons. The van der Waals surface area contributed by atoms with E-state index in [1.165, 1.54) is 60.4 Å². The second kappa shape index (κ2) is 10.2. The first kappa shape index (κ1) is 27.9. The monoisotopic (exact) mass is 607 g/mol. The van der Waals surface area contributed by atoms with Crippen LogP contribution >= 0.6 is 11.3 Å². The van der Waals surface area contributed by atoms with Crippen LogP contribution in [-0.2, 0) is 6.54 Å². The Labute approximate surface area is 267 Å². The Morgan fingerprint density at radius 2 is 1.71 bits per heavy atom. The van der Waals surface area contributed by atoms with Gasteiger partial charge in [-0.05, 0) is 93.5 Å². The van der Waals surface area contributed by atoms with Gasteiger partial charge in [0.25, 0.3) is 0 Å². The van der Waals surface area contributed by atoms with Crippen LogP contribution < -0.4 is 9.13 Å². The molecule has 0 saturated heterocycles. The number of rotatable bonds is 4. The Balaban J connectivity index is 1.40. The molecule has 6 heterocycles. The van der Waals surface area contributed by atoms with Gasteiger partial charge in [-0.15, -0.1) is 11.3 Å². The third kappa shape index (κ3) is 4.21. The average Bonchev–Trinajstić information content (AvgIpc) is 3.58. The highest BCUT2D eigenvalue weighted by atomic mass is 32.1. The van der Waals surface area contributed by atoms with Gasteiger partial charge in [0.2, 0.25) is 17.1 Å². The predicted molar refractivity (Wildman–Crippen MR) is 185 cm³/mol. The largest absolute Gasteiger partial charge is 0.437 e. The van der Waals surface area contributed by atoms with Crippen LogP contribution in [0.25, 0.3) is 54.7 Å². The first-order valence-corrected chi connectivity index (χ1v) is 16.6. The molecule has 0 radical (unpaired) electrons. The maximum atomic E-state index is 6.65. The smallest absolute Gasteiger partial charge is 0.227 e. The topological polar surface area (TPSA) is 33.8 Å². The number of furan rings is 1. The zero-order chi connectivity index (χ0) is 31.1. The van der Waals surface area contributed by atoms with Gasteiger partial charge in [-0.25, -0.2) is 4.98 Å². The zero-order valence-corrected chi connectivity index (χ0v) is 27.5. The van der Waals surface area contributed by atoms with E-state index < -0.39 is 0 Å². The summed E-state index contributed by atoms with van der Waals surface area (Å²) in [7, 11) is 0. The number of pyridine rings is 3. The van der Waals surface area contributed by atoms with Gasteiger partial charge >= 0.3 is 0 Å². The van der Waals surface area contributed by atoms with Crippen LogP contribution in [0.5, 0.6) is 0 Å². The molecule has 45 heavy (non-hydrogen) atoms. The van der Waals surface area contributed by atoms with Crippen LogP contribution in [0.2, 0.25) is 0 Å². The standard InChI is InChI=1S/C40H37N3OS/c1-8-33-32(31-17-22(2)9-12-28(31)34-18-24(4)25(5)19-43(33)34)20-42-16-15-35-36(26(6)21-45-35)38(42)37-23(3)10-13-29-30-14-11-27(7)41-40(30)44-39(29)37/h8-19,21,32-33H,1,20H2,2-7H3/q+2. The molecule has 2 atom stereocenters. The summed E-state index contributed by atoms with van der Waals surface area (Å²) in [6.45, 7) is 18.2. The molecule has 0 saturated carbocycles. The number of thiophene rings is 1. The molecular weight excluding hydrogens is 571 g/mol. The summed E-state index contributed by atoms with van der Waals surface area (Å²) in [5.41, 5.74) is 15.2. The number of benzene rings is 2. The van der Waals surface area contributed by atoms with Crippen LogP contribution in [0.15, 0.2) is 89.4 Å². The lowest BCUT2D eigenvalue weighted by molar-refractivity contribution is -0.732. The van der Waals surface area contributed by atoms with Crippen LogP contribution in [0, 0.1) is 41.5 Å². The van der Waals surface area contributed by atoms with Gasteiger partial charge in [0.05, 0.1) is 16.5 Å². The van der Waals surface area contributed by atoms with Crippen LogP contribution in [0.1, 0.15) is 51.0 Å². The minimum atomic E-state index is 0.100. The Hall–Kier alpha value is -4.61. The quantitative estimate of drug-likeness (QED) is 0.148. The second-order valence-corrected chi connectivity index (χ2v) is 13.8. The van der Waals surface area contributed by atoms with Crippen molar-refractivity contribution in [1.82, 2.24) is 4.98 Å². The fraction of sp³-hybridized carbons (Fsp3) is 0.225. The number of aromatic nitrogens is 3. The van der Waals surface area contributed by atoms with E-state index in [-0.39, 0.29) is 12.0 Å². The highest BCUT2D eigenvalue weighted by Gasteiger charge is 2.42. The summed E-state index contributed by atoms with van der Waals surface area (Å²) < 4.78 is 12.9. The third-order valence-corrected chi connectivity index (χ3v) is 10.9. The number of fused-ring (bicyclic) bond motifs is 7. The van der Waals surface area contributed by atoms with Gasteiger partial charge < -0.3 is 4.42 Å². The lowest BCUT2D eigenvalue weighted by Crippen LogP contribution is -2.51. The molecule has 7 aromatic rings. The molecule has 1 aliphatic rings. The molecule has 0 amide bonds. The fourth-order valence-electron chi connectivity index (χ4n) is 7.43. The van der Waals surface area contributed by atoms with Crippen molar-refractivity contribution in [3.63, 3.8) is 0 Å². The summed E-state index contributed by atoms with van der Waals surface area (Å²) in [4.78, 5) is 4.77. The molecule has 4 nitrogen and oxygen atoms in total. The number of nitrogens with zero attached hydrogens (tertiary/aromatic N) is 3. The van der Waals surface area contributed by atoms with Gasteiger partial charge in [-0.1, -0.05) is 36.4 Å². The number of hydrogen-bond donors (Lipinski definition) is 0. The van der Waals surface area contributed by atoms with Crippen molar-refractivity contribution in [2.75, 3.05) is 0 Å². The van der Waals surface area contributed by atoms with E-state index in [2.05, 4.69) is 129 Å². The van der Waals surface area contributed by atoms with E-state index >= 15 is 0 Å². The summed E-state index contributed by atoms with van der Waals surface area (Å²) in [6.07, 6.45) is 6.74. The number of aryl methyl sites for hydroxylation is 6. The van der Waals surface area contributed by atoms with E-state index in [1.807, 2.05) is 18.3 Å². The van der Waals surface area contributed by atoms with Crippen molar-refractivity contribution >= 4 is 43.5 Å². The van der Waals surface area contributed by atoms with E-state index in [0.29, 0.717) is 5.71 Å². The van der Waals surface area contributed by atoms with Crippen molar-refractivity contribution in [2.45, 2.75) is 60.0 Å². The minimum Gasteiger partial charge on any atom is -0.437 e. The molecule has 5 heteroatoms. The predicted octanol–water partition coefficient (Wildman–Crippen LogP) is 9.48. The Kier molecular flexibility index (Phi) is 6.33. The molecule has 2 unspecified atom stereocenters. The second-order valence-electron chi connectivity index (χ2n) is 12.9. The zero-order valence-electron chi connectivity index (χ0n) is 26.7. The molecule has 2 aromatic carbocycles. The van der Waals surface area contributed by atoms with Gasteiger partial charge in [-0.2, -0.15) is 9.13 Å². The number of allylic oxidation sites excluding steroid dienone is 1. The van der Waals surface area contributed by atoms with E-state index in [4.69, 9.17) is 9.40 Å². The van der Waals surface area contributed by atoms with Gasteiger partial charge in [0.1, 0.15) is 5.92 Å². The third-order valence-electron chi connectivity index (χ3n) is 9.86. The molecular formula is C40H37N3OS+2. The first-order chi connectivity index (χ1) is 21.7. The van der Waals surface area contributed by atoms with Crippen molar-refractivity contribution in [2.24, 2.45) is 0 Å². The molecule has 0 aliphatic carbocycles. The molecule has 5 aromatic heterocycles. The Bertz CT molecular complexity index is 2360. The first-order valence-electron chi connectivity index (χ1n) is 15.7. The van der Waals surface area contributed by atoms with E-state index in [9.17, 15) is 0 Å². The van der Waals surface area contributed by atoms with Crippen molar-refractivity contribution in [1.29, 1.82) is 0 Å². The molecule has 0 N–H and O–H groups in total. The van der Waals surface area contributed by atoms with Gasteiger partial charge in [-0.3, -0.25) is 0 Å². The summed E-state index contributed by atoms with van der Waals surface area (Å²) in [5.74, 6) is 0.177. The van der Waals surface area contributed by atoms with E-state index in [1.54, 1.807) is 0 Å². The SMILES string of the molecule is C=CC1C(C[n+]2ccc3scc(C)c3c2-c2c(C)ccc3c2oc2nc(C)ccc23)c2cc(C)ccc2-c2cc(C)c(C)c[n+]21. The van der Waals surface area contributed by atoms with Gasteiger partial charge in [0, 0.05) is 38.9 Å². The summed E-state index contributed by atoms with van der Waals surface area (Å²) >= 11 is 1.81. The van der Waals surface area contributed by atoms with Crippen molar-refractivity contribution in [3.8, 4) is 22.5 Å². The van der Waals surface area contributed by atoms with Crippen LogP contribution in [-0.4, -0.2) is 4.98 Å². The lowest BCUT2D eigenvalue weighted by Gasteiger charge is -2.28. The normalized spacial score (nSPS) is 16.0. The van der Waals surface area contributed by atoms with Crippen LogP contribution in [0.3, 0.4) is 0 Å². The lowest BCUT2D eigenvalue weighted by atomic mass is 9.81. The molecule has 0 spiro atoms. The minimum absolute atomic E-state index is 0.100. The highest BCUT2D eigenvalue weighted by Crippen LogP contribution is 2.43. The van der Waals surface area contributed by atoms with Gasteiger partial charge in [0.15, 0.2) is 30.6 Å². The fourth-order valence-corrected chi connectivity index (χ4v) is 8.36. The summed E-state index contributed by atoms with van der Waals surface area (Å²) in [5, 5.41) is 5.73. The Morgan fingerprint density at radius 1 is 0.889 bits per heavy atom. The summed E-state index contributed by atoms with van der Waals surface area (Å²) in [6, 6.07) is 20.3. The Morgan fingerprint density at radius 3 is 2.53 bits per heavy atom. The maximum Gasteiger partial charge on any atom is 0.227 e. The van der Waals surface area contributed by atoms with Crippen molar-refractivity contribution in [3.05, 3.63) is 124 Å². The number of hydrogen-bond acceptors (Lipinski definition) is 3.